The second kappa shape index (κ2) is 2.74. The Bertz CT molecular complexity index is 180. The Labute approximate surface area is 65.4 Å². The molecule has 1 saturated carbocycles. The van der Waals surface area contributed by atoms with Gasteiger partial charge in [-0.3, -0.25) is 9.59 Å². The van der Waals surface area contributed by atoms with E-state index in [1.54, 1.807) is 6.92 Å². The maximum Gasteiger partial charge on any atom is 0.180 e. The molecule has 11 heavy (non-hydrogen) atoms. The van der Waals surface area contributed by atoms with Gasteiger partial charge in [0.15, 0.2) is 17.2 Å². The topological polar surface area (TPSA) is 54.4 Å². The molecule has 0 atom stereocenters. The monoisotopic (exact) mass is 156 g/mol. The first-order valence-electron chi connectivity index (χ1n) is 3.90. The van der Waals surface area contributed by atoms with Crippen molar-refractivity contribution < 1.29 is 14.7 Å². The van der Waals surface area contributed by atoms with E-state index in [9.17, 15) is 14.7 Å². The Morgan fingerprint density at radius 2 is 1.82 bits per heavy atom. The minimum Gasteiger partial charge on any atom is -0.375 e. The van der Waals surface area contributed by atoms with Crippen LogP contribution < -0.4 is 0 Å². The van der Waals surface area contributed by atoms with Gasteiger partial charge >= 0.3 is 0 Å². The average Bonchev–Trinajstić information content (AvgIpc) is 2.00. The van der Waals surface area contributed by atoms with Crippen LogP contribution in [0.25, 0.3) is 0 Å². The molecular weight excluding hydrogens is 144 g/mol. The molecule has 0 aromatic rings. The first-order valence-corrected chi connectivity index (χ1v) is 3.90. The molecule has 3 nitrogen and oxygen atoms in total. The molecule has 0 heterocycles. The predicted octanol–water partition coefficient (Wildman–Crippen LogP) is 0.450. The molecule has 1 fully saturated rings. The molecule has 3 heteroatoms. The van der Waals surface area contributed by atoms with Crippen LogP contribution in [0.3, 0.4) is 0 Å². The van der Waals surface area contributed by atoms with Crippen LogP contribution in [-0.4, -0.2) is 22.3 Å². The molecule has 1 rings (SSSR count). The van der Waals surface area contributed by atoms with Crippen molar-refractivity contribution >= 4 is 11.6 Å². The number of rotatable bonds is 1. The molecule has 1 aliphatic rings. The lowest BCUT2D eigenvalue weighted by Gasteiger charge is -2.27. The first kappa shape index (κ1) is 8.40. The Kier molecular flexibility index (Phi) is 2.09. The van der Waals surface area contributed by atoms with Crippen LogP contribution in [0, 0.1) is 0 Å². The first-order chi connectivity index (χ1) is 5.11. The van der Waals surface area contributed by atoms with Crippen molar-refractivity contribution in [2.24, 2.45) is 0 Å². The quantitative estimate of drug-likeness (QED) is 0.561. The zero-order chi connectivity index (χ0) is 8.48. The second-order valence-electron chi connectivity index (χ2n) is 2.91. The highest BCUT2D eigenvalue weighted by molar-refractivity contribution is 6.11. The fourth-order valence-corrected chi connectivity index (χ4v) is 1.37. The van der Waals surface area contributed by atoms with Gasteiger partial charge in [-0.25, -0.2) is 0 Å². The Balaban J connectivity index is 2.86. The number of aliphatic hydroxyl groups is 1. The molecule has 0 radical (unpaired) electrons. The molecule has 0 bridgehead atoms. The minimum atomic E-state index is -1.64. The van der Waals surface area contributed by atoms with Crippen LogP contribution in [0.1, 0.15) is 32.6 Å². The summed E-state index contributed by atoms with van der Waals surface area (Å²) in [5.41, 5.74) is -1.64. The van der Waals surface area contributed by atoms with Crippen LogP contribution in [-0.2, 0) is 9.59 Å². The van der Waals surface area contributed by atoms with Gasteiger partial charge in [0.25, 0.3) is 0 Å². The fourth-order valence-electron chi connectivity index (χ4n) is 1.37. The molecule has 0 amide bonds. The molecular formula is C8H12O3. The van der Waals surface area contributed by atoms with E-state index in [0.29, 0.717) is 19.3 Å². The van der Waals surface area contributed by atoms with Gasteiger partial charge in [0.05, 0.1) is 0 Å². The second-order valence-corrected chi connectivity index (χ2v) is 2.91. The summed E-state index contributed by atoms with van der Waals surface area (Å²) in [5, 5.41) is 9.52. The van der Waals surface area contributed by atoms with E-state index in [1.807, 2.05) is 0 Å². The minimum absolute atomic E-state index is 0.213. The maximum absolute atomic E-state index is 11.1. The van der Waals surface area contributed by atoms with Crippen molar-refractivity contribution in [2.75, 3.05) is 0 Å². The standard InChI is InChI=1S/C8H12O3/c1-2-8(11)6(9)4-3-5-7(8)10/h11H,2-5H2,1H3. The number of ketones is 2. The normalized spacial score (nSPS) is 23.8. The number of carbonyl (C=O) groups excluding carboxylic acids is 2. The molecule has 0 unspecified atom stereocenters. The molecule has 0 aromatic heterocycles. The van der Waals surface area contributed by atoms with Crippen LogP contribution in [0.5, 0.6) is 0 Å². The van der Waals surface area contributed by atoms with E-state index in [-0.39, 0.29) is 18.0 Å². The Morgan fingerprint density at radius 3 is 2.09 bits per heavy atom. The van der Waals surface area contributed by atoms with Crippen molar-refractivity contribution in [1.29, 1.82) is 0 Å². The van der Waals surface area contributed by atoms with E-state index in [2.05, 4.69) is 0 Å². The third-order valence-corrected chi connectivity index (χ3v) is 2.24. The van der Waals surface area contributed by atoms with E-state index in [0.717, 1.165) is 0 Å². The van der Waals surface area contributed by atoms with Gasteiger partial charge in [0.2, 0.25) is 0 Å². The lowest BCUT2D eigenvalue weighted by Crippen LogP contribution is -2.48. The molecule has 62 valence electrons. The SMILES string of the molecule is CCC1(O)C(=O)CCCC1=O. The fraction of sp³-hybridized carbons (Fsp3) is 0.750. The highest BCUT2D eigenvalue weighted by Crippen LogP contribution is 2.24. The smallest absolute Gasteiger partial charge is 0.180 e. The third-order valence-electron chi connectivity index (χ3n) is 2.24. The van der Waals surface area contributed by atoms with Crippen molar-refractivity contribution in [2.45, 2.75) is 38.2 Å². The molecule has 0 saturated heterocycles. The van der Waals surface area contributed by atoms with E-state index >= 15 is 0 Å². The highest BCUT2D eigenvalue weighted by atomic mass is 16.3. The largest absolute Gasteiger partial charge is 0.375 e. The Hall–Kier alpha value is -0.700. The number of Topliss-reactive ketones (excluding diaryl/α,β-unsaturated/α-hetero) is 2. The van der Waals surface area contributed by atoms with Gasteiger partial charge in [-0.15, -0.1) is 0 Å². The zero-order valence-corrected chi connectivity index (χ0v) is 6.59. The molecule has 1 N–H and O–H groups in total. The summed E-state index contributed by atoms with van der Waals surface area (Å²) in [6.07, 6.45) is 1.50. The van der Waals surface area contributed by atoms with Crippen molar-refractivity contribution in [3.05, 3.63) is 0 Å². The molecule has 1 aliphatic carbocycles. The summed E-state index contributed by atoms with van der Waals surface area (Å²) >= 11 is 0. The number of carbonyl (C=O) groups is 2. The number of hydrogen-bond donors (Lipinski definition) is 1. The van der Waals surface area contributed by atoms with Crippen molar-refractivity contribution in [1.82, 2.24) is 0 Å². The van der Waals surface area contributed by atoms with Crippen LogP contribution in [0.2, 0.25) is 0 Å². The average molecular weight is 156 g/mol. The maximum atomic E-state index is 11.1. The molecule has 0 aromatic carbocycles. The Morgan fingerprint density at radius 1 is 1.36 bits per heavy atom. The molecule has 0 spiro atoms. The summed E-state index contributed by atoms with van der Waals surface area (Å²) < 4.78 is 0. The summed E-state index contributed by atoms with van der Waals surface area (Å²) in [7, 11) is 0. The van der Waals surface area contributed by atoms with Crippen LogP contribution in [0.15, 0.2) is 0 Å². The van der Waals surface area contributed by atoms with E-state index in [4.69, 9.17) is 0 Å². The van der Waals surface area contributed by atoms with Gasteiger partial charge in [-0.2, -0.15) is 0 Å². The van der Waals surface area contributed by atoms with E-state index in [1.165, 1.54) is 0 Å². The lowest BCUT2D eigenvalue weighted by atomic mass is 9.81. The predicted molar refractivity (Wildman–Crippen MR) is 39.1 cm³/mol. The summed E-state index contributed by atoms with van der Waals surface area (Å²) in [6.45, 7) is 1.65. The lowest BCUT2D eigenvalue weighted by molar-refractivity contribution is -0.154. The third kappa shape index (κ3) is 1.20. The highest BCUT2D eigenvalue weighted by Gasteiger charge is 2.43. The van der Waals surface area contributed by atoms with Crippen molar-refractivity contribution in [3.8, 4) is 0 Å². The van der Waals surface area contributed by atoms with Crippen molar-refractivity contribution in [3.63, 3.8) is 0 Å². The summed E-state index contributed by atoms with van der Waals surface area (Å²) in [5.74, 6) is -0.618. The summed E-state index contributed by atoms with van der Waals surface area (Å²) in [6, 6.07) is 0. The van der Waals surface area contributed by atoms with Gasteiger partial charge < -0.3 is 5.11 Å². The van der Waals surface area contributed by atoms with Gasteiger partial charge in [-0.1, -0.05) is 6.92 Å². The van der Waals surface area contributed by atoms with E-state index < -0.39 is 5.60 Å². The van der Waals surface area contributed by atoms with Gasteiger partial charge in [-0.05, 0) is 12.8 Å². The van der Waals surface area contributed by atoms with Crippen LogP contribution >= 0.6 is 0 Å². The molecule has 0 aliphatic heterocycles. The zero-order valence-electron chi connectivity index (χ0n) is 6.59. The summed E-state index contributed by atoms with van der Waals surface area (Å²) in [4.78, 5) is 22.2. The van der Waals surface area contributed by atoms with Crippen LogP contribution in [0.4, 0.5) is 0 Å². The van der Waals surface area contributed by atoms with Gasteiger partial charge in [0.1, 0.15) is 0 Å². The number of hydrogen-bond acceptors (Lipinski definition) is 3. The van der Waals surface area contributed by atoms with Gasteiger partial charge in [0, 0.05) is 12.8 Å².